The maximum Gasteiger partial charge on any atom is 0.303 e. The van der Waals surface area contributed by atoms with Gasteiger partial charge in [0.1, 0.15) is 30.0 Å². The van der Waals surface area contributed by atoms with Crippen LogP contribution in [-0.4, -0.2) is 149 Å². The summed E-state index contributed by atoms with van der Waals surface area (Å²) in [7, 11) is 3.24. The van der Waals surface area contributed by atoms with Gasteiger partial charge in [-0.3, -0.25) is 19.2 Å². The minimum Gasteiger partial charge on any atom is -0.481 e. The molecule has 0 bridgehead atoms. The molecule has 17 heteroatoms. The third kappa shape index (κ3) is 11.1. The van der Waals surface area contributed by atoms with Crippen LogP contribution in [0.2, 0.25) is 0 Å². The summed E-state index contributed by atoms with van der Waals surface area (Å²) in [6, 6.07) is -2.87. The number of amides is 3. The molecule has 1 aliphatic carbocycles. The number of hydrogen-bond donors (Lipinski definition) is 8. The Kier molecular flexibility index (Phi) is 15.2. The molecule has 0 unspecified atom stereocenters. The van der Waals surface area contributed by atoms with Crippen molar-refractivity contribution < 1.29 is 58.6 Å². The number of aliphatic hydroxyl groups excluding tert-OH is 2. The van der Waals surface area contributed by atoms with Crippen molar-refractivity contribution in [1.82, 2.24) is 20.9 Å². The quantitative estimate of drug-likeness (QED) is 0.119. The van der Waals surface area contributed by atoms with E-state index < -0.39 is 78.8 Å². The van der Waals surface area contributed by atoms with Gasteiger partial charge in [-0.25, -0.2) is 0 Å². The van der Waals surface area contributed by atoms with Crippen LogP contribution in [0.25, 0.3) is 0 Å². The van der Waals surface area contributed by atoms with Crippen LogP contribution in [-0.2, 0) is 38.1 Å². The van der Waals surface area contributed by atoms with Crippen LogP contribution >= 0.6 is 0 Å². The van der Waals surface area contributed by atoms with E-state index in [-0.39, 0.29) is 37.2 Å². The second kappa shape index (κ2) is 17.6. The van der Waals surface area contributed by atoms with E-state index >= 15 is 0 Å². The molecule has 3 fully saturated rings. The molecule has 0 aromatic rings. The van der Waals surface area contributed by atoms with Gasteiger partial charge in [0, 0.05) is 46.8 Å². The number of carboxylic acid groups (broad SMARTS) is 1. The highest BCUT2D eigenvalue weighted by Gasteiger charge is 2.51. The molecular formula is C29H53N5O12. The molecule has 2 saturated heterocycles. The summed E-state index contributed by atoms with van der Waals surface area (Å²) in [5.74, 6) is -1.54. The van der Waals surface area contributed by atoms with Gasteiger partial charge < -0.3 is 66.0 Å². The molecule has 1 saturated carbocycles. The van der Waals surface area contributed by atoms with Crippen LogP contribution < -0.4 is 21.7 Å². The molecule has 266 valence electrons. The first-order valence-electron chi connectivity index (χ1n) is 15.5. The largest absolute Gasteiger partial charge is 0.481 e. The van der Waals surface area contributed by atoms with Crippen molar-refractivity contribution in [3.8, 4) is 0 Å². The first kappa shape index (κ1) is 39.7. The summed E-state index contributed by atoms with van der Waals surface area (Å²) in [5.41, 5.74) is 5.03. The van der Waals surface area contributed by atoms with Crippen molar-refractivity contribution in [1.29, 1.82) is 0 Å². The van der Waals surface area contributed by atoms with E-state index in [4.69, 9.17) is 29.8 Å². The van der Waals surface area contributed by atoms with E-state index in [1.165, 1.54) is 32.6 Å². The van der Waals surface area contributed by atoms with E-state index in [2.05, 4.69) is 16.0 Å². The number of aliphatic carboxylic acids is 1. The lowest BCUT2D eigenvalue weighted by atomic mass is 9.83. The molecule has 0 radical (unpaired) electrons. The molecule has 0 spiro atoms. The Morgan fingerprint density at radius 2 is 1.54 bits per heavy atom. The average Bonchev–Trinajstić information content (AvgIpc) is 2.95. The minimum absolute atomic E-state index is 0.133. The number of likely N-dealkylation sites (N-methyl/N-ethyl adjacent to an activating group) is 2. The second-order valence-electron chi connectivity index (χ2n) is 12.3. The average molecular weight is 664 g/mol. The fourth-order valence-corrected chi connectivity index (χ4v) is 5.82. The number of hydrogen-bond acceptors (Lipinski definition) is 13. The van der Waals surface area contributed by atoms with Crippen LogP contribution in [0.1, 0.15) is 60.3 Å². The van der Waals surface area contributed by atoms with Crippen molar-refractivity contribution in [2.45, 2.75) is 133 Å². The summed E-state index contributed by atoms with van der Waals surface area (Å²) in [6.45, 7) is 7.43. The first-order chi connectivity index (χ1) is 21.4. The van der Waals surface area contributed by atoms with Gasteiger partial charge in [-0.15, -0.1) is 0 Å². The molecule has 0 aromatic heterocycles. The molecule has 3 amide bonds. The Morgan fingerprint density at radius 3 is 2.07 bits per heavy atom. The standard InChI is InChI=1S/C26H47N5O10.C3H6O2/c1-12(32)29-17-8-7-15(10-31(6)14(3)34)39-24(17)41-22-18(30-13(2)33)9-16(27)21(19(22)35)40-25-20(36)23(28-5)26(4,37)11-38-25;1-2-3(4)5/h15-25,28,35-37H,7-11,27H2,1-6H3,(H,29,32)(H,30,33);2H2,1H3,(H,4,5)/t15-,16+,17+,18-,19+,20+,21-,22+,23+,24+,25+,26-;/m0./s1. The highest BCUT2D eigenvalue weighted by Crippen LogP contribution is 2.32. The second-order valence-corrected chi connectivity index (χ2v) is 12.3. The molecule has 0 aromatic carbocycles. The maximum absolute atomic E-state index is 12.1. The Morgan fingerprint density at radius 1 is 0.978 bits per heavy atom. The van der Waals surface area contributed by atoms with Crippen LogP contribution in [0.15, 0.2) is 0 Å². The molecular weight excluding hydrogens is 610 g/mol. The number of rotatable bonds is 10. The number of nitrogens with one attached hydrogen (secondary N) is 3. The van der Waals surface area contributed by atoms with Crippen LogP contribution in [0.3, 0.4) is 0 Å². The summed E-state index contributed by atoms with van der Waals surface area (Å²) >= 11 is 0. The van der Waals surface area contributed by atoms with E-state index in [0.29, 0.717) is 19.4 Å². The lowest BCUT2D eigenvalue weighted by molar-refractivity contribution is -0.308. The van der Waals surface area contributed by atoms with Crippen molar-refractivity contribution >= 4 is 23.7 Å². The fourth-order valence-electron chi connectivity index (χ4n) is 5.82. The molecule has 12 atom stereocenters. The highest BCUT2D eigenvalue weighted by molar-refractivity contribution is 5.74. The monoisotopic (exact) mass is 663 g/mol. The smallest absolute Gasteiger partial charge is 0.303 e. The lowest BCUT2D eigenvalue weighted by Gasteiger charge is -2.49. The van der Waals surface area contributed by atoms with Crippen molar-refractivity contribution in [3.63, 3.8) is 0 Å². The van der Waals surface area contributed by atoms with Crippen LogP contribution in [0, 0.1) is 0 Å². The number of ether oxygens (including phenoxy) is 4. The molecule has 2 aliphatic heterocycles. The number of nitrogens with zero attached hydrogens (tertiary/aromatic N) is 1. The van der Waals surface area contributed by atoms with Crippen molar-refractivity contribution in [2.24, 2.45) is 5.73 Å². The van der Waals surface area contributed by atoms with Gasteiger partial charge in [0.2, 0.25) is 17.7 Å². The number of aliphatic hydroxyl groups is 3. The summed E-state index contributed by atoms with van der Waals surface area (Å²) < 4.78 is 24.1. The normalized spacial score (nSPS) is 37.7. The predicted molar refractivity (Wildman–Crippen MR) is 162 cm³/mol. The van der Waals surface area contributed by atoms with E-state index in [9.17, 15) is 34.5 Å². The number of carbonyl (C=O) groups is 4. The molecule has 9 N–H and O–H groups in total. The van der Waals surface area contributed by atoms with Crippen molar-refractivity contribution in [2.75, 3.05) is 27.2 Å². The fraction of sp³-hybridized carbons (Fsp3) is 0.862. The number of carboxylic acids is 1. The van der Waals surface area contributed by atoms with Crippen LogP contribution in [0.4, 0.5) is 0 Å². The van der Waals surface area contributed by atoms with Gasteiger partial charge in [0.15, 0.2) is 12.6 Å². The zero-order valence-electron chi connectivity index (χ0n) is 27.7. The Bertz CT molecular complexity index is 1030. The molecule has 3 rings (SSSR count). The van der Waals surface area contributed by atoms with E-state index in [1.807, 2.05) is 0 Å². The van der Waals surface area contributed by atoms with Gasteiger partial charge in [-0.2, -0.15) is 0 Å². The third-order valence-corrected chi connectivity index (χ3v) is 8.29. The molecule has 46 heavy (non-hydrogen) atoms. The summed E-state index contributed by atoms with van der Waals surface area (Å²) in [4.78, 5) is 46.7. The van der Waals surface area contributed by atoms with Gasteiger partial charge in [-0.1, -0.05) is 6.92 Å². The maximum atomic E-state index is 12.1. The Balaban J connectivity index is 0.00000136. The van der Waals surface area contributed by atoms with E-state index in [1.54, 1.807) is 21.0 Å². The Hall–Kier alpha value is -2.48. The highest BCUT2D eigenvalue weighted by atomic mass is 16.7. The predicted octanol–water partition coefficient (Wildman–Crippen LogP) is -2.62. The van der Waals surface area contributed by atoms with Gasteiger partial charge >= 0.3 is 5.97 Å². The van der Waals surface area contributed by atoms with Gasteiger partial charge in [-0.05, 0) is 33.2 Å². The van der Waals surface area contributed by atoms with Gasteiger partial charge in [0.05, 0.1) is 30.8 Å². The van der Waals surface area contributed by atoms with Crippen molar-refractivity contribution in [3.05, 3.63) is 0 Å². The summed E-state index contributed by atoms with van der Waals surface area (Å²) in [6.07, 6.45) is -6.11. The SMILES string of the molecule is CCC(=O)O.CN[C@@H]1[C@@H](O)[C@@H](O[C@@H]2[C@@H](O)[C@H](O[C@H]3O[C@H](CN(C)C(C)=O)CC[C@H]3NC(C)=O)[C@@H](NC(C)=O)C[C@H]2N)OC[C@]1(C)O. The summed E-state index contributed by atoms with van der Waals surface area (Å²) in [5, 5.41) is 49.1. The molecule has 3 aliphatic rings. The minimum atomic E-state index is -1.41. The zero-order valence-corrected chi connectivity index (χ0v) is 27.7. The number of carbonyl (C=O) groups excluding carboxylic acids is 3. The third-order valence-electron chi connectivity index (χ3n) is 8.29. The topological polar surface area (TPSA) is 251 Å². The van der Waals surface area contributed by atoms with Crippen LogP contribution in [0.5, 0.6) is 0 Å². The lowest BCUT2D eigenvalue weighted by Crippen LogP contribution is -2.69. The molecule has 2 heterocycles. The first-order valence-corrected chi connectivity index (χ1v) is 15.5. The zero-order chi connectivity index (χ0) is 34.9. The van der Waals surface area contributed by atoms with E-state index in [0.717, 1.165) is 0 Å². The molecule has 17 nitrogen and oxygen atoms in total. The Labute approximate surface area is 269 Å². The number of nitrogens with two attached hydrogens (primary N) is 1. The van der Waals surface area contributed by atoms with Gasteiger partial charge in [0.25, 0.3) is 0 Å².